The average Bonchev–Trinajstić information content (AvgIpc) is 3.10. The summed E-state index contributed by atoms with van der Waals surface area (Å²) in [4.78, 5) is 30.8. The molecule has 4 rings (SSSR count). The lowest BCUT2D eigenvalue weighted by Gasteiger charge is -2.34. The Labute approximate surface area is 297 Å². The summed E-state index contributed by atoms with van der Waals surface area (Å²) >= 11 is 14.0. The molecule has 0 aliphatic rings. The number of ether oxygens (including phenoxy) is 1. The first-order valence-corrected chi connectivity index (χ1v) is 18.9. The first kappa shape index (κ1) is 37.1. The highest BCUT2D eigenvalue weighted by molar-refractivity contribution is 7.98. The Hall–Kier alpha value is -3.70. The van der Waals surface area contributed by atoms with Crippen LogP contribution in [-0.2, 0) is 32.6 Å². The predicted octanol–water partition coefficient (Wildman–Crippen LogP) is 7.48. The zero-order valence-electron chi connectivity index (χ0n) is 27.1. The summed E-state index contributed by atoms with van der Waals surface area (Å²) in [7, 11) is -4.30. The Balaban J connectivity index is 1.84. The Morgan fingerprint density at radius 3 is 2.21 bits per heavy atom. The third-order valence-corrected chi connectivity index (χ3v) is 10.8. The zero-order valence-corrected chi connectivity index (χ0v) is 30.2. The lowest BCUT2D eigenvalue weighted by atomic mass is 10.0. The van der Waals surface area contributed by atoms with Gasteiger partial charge in [-0.25, -0.2) is 8.42 Å². The lowest BCUT2D eigenvalue weighted by Crippen LogP contribution is -2.53. The third-order valence-electron chi connectivity index (χ3n) is 7.52. The number of thioether (sulfide) groups is 1. The van der Waals surface area contributed by atoms with Crippen molar-refractivity contribution in [2.24, 2.45) is 0 Å². The van der Waals surface area contributed by atoms with Crippen LogP contribution in [0.3, 0.4) is 0 Å². The quantitative estimate of drug-likeness (QED) is 0.120. The number of carbonyl (C=O) groups excluding carboxylic acids is 2. The van der Waals surface area contributed by atoms with E-state index in [-0.39, 0.29) is 36.1 Å². The molecule has 1 atom stereocenters. The Morgan fingerprint density at radius 1 is 0.875 bits per heavy atom. The zero-order chi connectivity index (χ0) is 34.7. The van der Waals surface area contributed by atoms with E-state index in [2.05, 4.69) is 5.32 Å². The van der Waals surface area contributed by atoms with E-state index in [1.54, 1.807) is 61.5 Å². The third kappa shape index (κ3) is 9.47. The highest BCUT2D eigenvalue weighted by Crippen LogP contribution is 2.34. The number of rotatable bonds is 16. The fourth-order valence-corrected chi connectivity index (χ4v) is 7.24. The van der Waals surface area contributed by atoms with E-state index < -0.39 is 28.5 Å². The summed E-state index contributed by atoms with van der Waals surface area (Å²) < 4.78 is 35.7. The first-order chi connectivity index (χ1) is 23.1. The number of nitrogens with zero attached hydrogens (tertiary/aromatic N) is 2. The number of nitrogens with one attached hydrogen (secondary N) is 1. The number of amides is 2. The molecule has 0 aromatic heterocycles. The van der Waals surface area contributed by atoms with Crippen LogP contribution in [0.5, 0.6) is 5.75 Å². The molecule has 4 aromatic rings. The monoisotopic (exact) mass is 727 g/mol. The maximum atomic E-state index is 14.7. The van der Waals surface area contributed by atoms with Crippen LogP contribution in [0.15, 0.2) is 107 Å². The van der Waals surface area contributed by atoms with Crippen molar-refractivity contribution in [2.75, 3.05) is 30.3 Å². The van der Waals surface area contributed by atoms with Gasteiger partial charge in [-0.05, 0) is 79.3 Å². The molecule has 0 heterocycles. The van der Waals surface area contributed by atoms with Gasteiger partial charge in [-0.1, -0.05) is 78.7 Å². The van der Waals surface area contributed by atoms with E-state index in [1.165, 1.54) is 28.8 Å². The number of benzene rings is 4. The minimum absolute atomic E-state index is 0.0111. The van der Waals surface area contributed by atoms with Crippen LogP contribution in [0.1, 0.15) is 31.4 Å². The van der Waals surface area contributed by atoms with Gasteiger partial charge in [0.25, 0.3) is 10.0 Å². The highest BCUT2D eigenvalue weighted by Gasteiger charge is 2.35. The van der Waals surface area contributed by atoms with Crippen molar-refractivity contribution in [3.63, 3.8) is 0 Å². The number of halogens is 2. The second kappa shape index (κ2) is 17.6. The summed E-state index contributed by atoms with van der Waals surface area (Å²) in [5.41, 5.74) is 1.66. The van der Waals surface area contributed by atoms with E-state index in [1.807, 2.05) is 43.5 Å². The molecule has 12 heteroatoms. The molecule has 254 valence electrons. The SMILES string of the molecule is CCCNC(=O)C(Cc1ccccc1)N(Cc1ccc(Cl)c(Cl)c1)C(=O)CN(c1ccccc1OCC)S(=O)(=O)c1ccc(SC)cc1. The van der Waals surface area contributed by atoms with Gasteiger partial charge < -0.3 is 15.0 Å². The smallest absolute Gasteiger partial charge is 0.264 e. The van der Waals surface area contributed by atoms with Crippen LogP contribution in [0.25, 0.3) is 0 Å². The van der Waals surface area contributed by atoms with Crippen LogP contribution < -0.4 is 14.4 Å². The fraction of sp³-hybridized carbons (Fsp3) is 0.278. The van der Waals surface area contributed by atoms with Crippen LogP contribution in [0.4, 0.5) is 5.69 Å². The van der Waals surface area contributed by atoms with Crippen LogP contribution in [-0.4, -0.2) is 57.1 Å². The van der Waals surface area contributed by atoms with Crippen molar-refractivity contribution in [1.29, 1.82) is 0 Å². The van der Waals surface area contributed by atoms with Gasteiger partial charge in [0.1, 0.15) is 18.3 Å². The summed E-state index contributed by atoms with van der Waals surface area (Å²) in [5.74, 6) is -0.648. The maximum absolute atomic E-state index is 14.7. The summed E-state index contributed by atoms with van der Waals surface area (Å²) in [6.07, 6.45) is 2.79. The van der Waals surface area contributed by atoms with Crippen molar-refractivity contribution < 1.29 is 22.7 Å². The lowest BCUT2D eigenvalue weighted by molar-refractivity contribution is -0.140. The van der Waals surface area contributed by atoms with E-state index in [4.69, 9.17) is 27.9 Å². The van der Waals surface area contributed by atoms with Crippen molar-refractivity contribution in [1.82, 2.24) is 10.2 Å². The maximum Gasteiger partial charge on any atom is 0.264 e. The molecule has 0 spiro atoms. The first-order valence-electron chi connectivity index (χ1n) is 15.5. The fourth-order valence-electron chi connectivity index (χ4n) is 5.08. The van der Waals surface area contributed by atoms with E-state index in [0.29, 0.717) is 34.3 Å². The van der Waals surface area contributed by atoms with Gasteiger partial charge in [-0.3, -0.25) is 13.9 Å². The number of hydrogen-bond donors (Lipinski definition) is 1. The van der Waals surface area contributed by atoms with Gasteiger partial charge in [0.15, 0.2) is 0 Å². The summed E-state index contributed by atoms with van der Waals surface area (Å²) in [6, 6.07) is 26.5. The molecule has 1 unspecified atom stereocenters. The molecule has 1 N–H and O–H groups in total. The molecule has 0 aliphatic heterocycles. The topological polar surface area (TPSA) is 96.0 Å². The predicted molar refractivity (Wildman–Crippen MR) is 195 cm³/mol. The molecule has 8 nitrogen and oxygen atoms in total. The van der Waals surface area contributed by atoms with Gasteiger partial charge in [0.05, 0.1) is 27.2 Å². The van der Waals surface area contributed by atoms with Crippen molar-refractivity contribution in [2.45, 2.75) is 49.1 Å². The molecular weight excluding hydrogens is 689 g/mol. The minimum Gasteiger partial charge on any atom is -0.492 e. The van der Waals surface area contributed by atoms with Gasteiger partial charge in [-0.2, -0.15) is 0 Å². The normalized spacial score (nSPS) is 11.9. The molecule has 0 saturated heterocycles. The van der Waals surface area contributed by atoms with Crippen LogP contribution in [0.2, 0.25) is 10.0 Å². The highest BCUT2D eigenvalue weighted by atomic mass is 35.5. The standard InChI is InChI=1S/C36H39Cl2N3O5S2/c1-4-21-39-36(43)33(23-26-11-7-6-8-12-26)40(24-27-15-20-30(37)31(38)22-27)35(42)25-41(32-13-9-10-14-34(32)46-5-2)48(44,45)29-18-16-28(47-3)17-19-29/h6-20,22,33H,4-5,21,23-25H2,1-3H3,(H,39,43). The largest absolute Gasteiger partial charge is 0.492 e. The van der Waals surface area contributed by atoms with Gasteiger partial charge in [-0.15, -0.1) is 11.8 Å². The number of carbonyl (C=O) groups is 2. The Morgan fingerprint density at radius 2 is 1.56 bits per heavy atom. The van der Waals surface area contributed by atoms with Gasteiger partial charge >= 0.3 is 0 Å². The number of para-hydroxylation sites is 2. The molecule has 4 aromatic carbocycles. The molecule has 0 fully saturated rings. The number of sulfonamides is 1. The van der Waals surface area contributed by atoms with Crippen LogP contribution >= 0.6 is 35.0 Å². The molecule has 0 radical (unpaired) electrons. The minimum atomic E-state index is -4.30. The molecule has 0 aliphatic carbocycles. The number of anilines is 1. The molecule has 0 bridgehead atoms. The van der Waals surface area contributed by atoms with E-state index >= 15 is 0 Å². The Kier molecular flexibility index (Phi) is 13.6. The molecular formula is C36H39Cl2N3O5S2. The molecule has 0 saturated carbocycles. The van der Waals surface area contributed by atoms with Gasteiger partial charge in [0, 0.05) is 24.4 Å². The van der Waals surface area contributed by atoms with E-state index in [9.17, 15) is 18.0 Å². The van der Waals surface area contributed by atoms with Crippen molar-refractivity contribution >= 4 is 62.5 Å². The summed E-state index contributed by atoms with van der Waals surface area (Å²) in [6.45, 7) is 3.79. The second-order valence-electron chi connectivity index (χ2n) is 10.9. The van der Waals surface area contributed by atoms with Crippen LogP contribution in [0, 0.1) is 0 Å². The molecule has 48 heavy (non-hydrogen) atoms. The summed E-state index contributed by atoms with van der Waals surface area (Å²) in [5, 5.41) is 3.57. The number of hydrogen-bond acceptors (Lipinski definition) is 6. The van der Waals surface area contributed by atoms with E-state index in [0.717, 1.165) is 14.8 Å². The Bertz CT molecular complexity index is 1790. The molecule has 2 amide bonds. The van der Waals surface area contributed by atoms with Gasteiger partial charge in [0.2, 0.25) is 11.8 Å². The van der Waals surface area contributed by atoms with Crippen molar-refractivity contribution in [3.05, 3.63) is 118 Å². The second-order valence-corrected chi connectivity index (χ2v) is 14.4. The van der Waals surface area contributed by atoms with Crippen molar-refractivity contribution in [3.8, 4) is 5.75 Å². The average molecular weight is 729 g/mol.